The number of rotatable bonds is 4. The van der Waals surface area contributed by atoms with Crippen LogP contribution in [0.3, 0.4) is 0 Å². The number of carbonyl (C=O) groups excluding carboxylic acids is 1. The van der Waals surface area contributed by atoms with Crippen LogP contribution in [0, 0.1) is 0 Å². The van der Waals surface area contributed by atoms with Crippen molar-refractivity contribution in [3.8, 4) is 5.75 Å². The molecule has 0 radical (unpaired) electrons. The van der Waals surface area contributed by atoms with Gasteiger partial charge < -0.3 is 15.0 Å². The third-order valence-electron chi connectivity index (χ3n) is 3.47. The van der Waals surface area contributed by atoms with Gasteiger partial charge in [-0.15, -0.1) is 0 Å². The minimum absolute atomic E-state index is 0.0542. The maximum Gasteiger partial charge on any atom is 0.387 e. The van der Waals surface area contributed by atoms with Gasteiger partial charge in [0.1, 0.15) is 5.75 Å². The average Bonchev–Trinajstić information content (AvgIpc) is 2.47. The highest BCUT2D eigenvalue weighted by Gasteiger charge is 2.22. The summed E-state index contributed by atoms with van der Waals surface area (Å²) in [7, 11) is 1.77. The fourth-order valence-corrected chi connectivity index (χ4v) is 2.31. The first kappa shape index (κ1) is 14.7. The summed E-state index contributed by atoms with van der Waals surface area (Å²) in [4.78, 5) is 14.0. The second kappa shape index (κ2) is 6.65. The lowest BCUT2D eigenvalue weighted by Gasteiger charge is -2.31. The van der Waals surface area contributed by atoms with Gasteiger partial charge in [-0.2, -0.15) is 8.78 Å². The molecule has 0 spiro atoms. The van der Waals surface area contributed by atoms with E-state index < -0.39 is 6.61 Å². The Bertz CT molecular complexity index is 445. The van der Waals surface area contributed by atoms with Crippen molar-refractivity contribution in [2.75, 3.05) is 20.1 Å². The van der Waals surface area contributed by atoms with Crippen LogP contribution in [0.1, 0.15) is 23.2 Å². The van der Waals surface area contributed by atoms with Crippen molar-refractivity contribution in [3.63, 3.8) is 0 Å². The van der Waals surface area contributed by atoms with Crippen LogP contribution in [-0.4, -0.2) is 43.6 Å². The Labute approximate surface area is 116 Å². The van der Waals surface area contributed by atoms with Gasteiger partial charge in [0.2, 0.25) is 0 Å². The van der Waals surface area contributed by atoms with Crippen LogP contribution in [0.25, 0.3) is 0 Å². The molecule has 2 rings (SSSR count). The monoisotopic (exact) mass is 284 g/mol. The lowest BCUT2D eigenvalue weighted by Crippen LogP contribution is -2.46. The molecule has 1 amide bonds. The molecule has 1 atom stereocenters. The molecule has 0 aliphatic carbocycles. The topological polar surface area (TPSA) is 41.6 Å². The predicted molar refractivity (Wildman–Crippen MR) is 71.1 cm³/mol. The molecule has 1 N–H and O–H groups in total. The number of ether oxygens (including phenoxy) is 1. The van der Waals surface area contributed by atoms with Gasteiger partial charge >= 0.3 is 6.61 Å². The van der Waals surface area contributed by atoms with E-state index in [9.17, 15) is 13.6 Å². The van der Waals surface area contributed by atoms with Crippen LogP contribution in [-0.2, 0) is 0 Å². The summed E-state index contributed by atoms with van der Waals surface area (Å²) in [5, 5.41) is 3.26. The SMILES string of the molecule is CN(C(=O)c1ccc(OC(F)F)cc1)[C@@H]1CCCNC1. The summed E-state index contributed by atoms with van der Waals surface area (Å²) in [6.07, 6.45) is 2.02. The Morgan fingerprint density at radius 1 is 1.40 bits per heavy atom. The molecule has 4 nitrogen and oxygen atoms in total. The maximum absolute atomic E-state index is 12.3. The number of alkyl halides is 2. The highest BCUT2D eigenvalue weighted by molar-refractivity contribution is 5.94. The summed E-state index contributed by atoms with van der Waals surface area (Å²) < 4.78 is 28.4. The normalized spacial score (nSPS) is 18.9. The second-order valence-corrected chi connectivity index (χ2v) is 4.82. The molecular formula is C14H18F2N2O2. The molecule has 0 aromatic heterocycles. The molecule has 6 heteroatoms. The van der Waals surface area contributed by atoms with Crippen molar-refractivity contribution in [1.29, 1.82) is 0 Å². The molecule has 1 fully saturated rings. The molecule has 1 aromatic carbocycles. The third-order valence-corrected chi connectivity index (χ3v) is 3.47. The van der Waals surface area contributed by atoms with Crippen LogP contribution >= 0.6 is 0 Å². The lowest BCUT2D eigenvalue weighted by atomic mass is 10.1. The van der Waals surface area contributed by atoms with E-state index in [1.54, 1.807) is 11.9 Å². The summed E-state index contributed by atoms with van der Waals surface area (Å²) in [5.41, 5.74) is 0.472. The van der Waals surface area contributed by atoms with E-state index in [2.05, 4.69) is 10.1 Å². The third kappa shape index (κ3) is 3.66. The molecule has 1 saturated heterocycles. The standard InChI is InChI=1S/C14H18F2N2O2/c1-18(11-3-2-8-17-9-11)13(19)10-4-6-12(7-5-10)20-14(15)16/h4-7,11,14,17H,2-3,8-9H2,1H3/t11-/m1/s1. The van der Waals surface area contributed by atoms with Crippen molar-refractivity contribution < 1.29 is 18.3 Å². The van der Waals surface area contributed by atoms with Crippen molar-refractivity contribution in [3.05, 3.63) is 29.8 Å². The molecule has 1 aliphatic rings. The van der Waals surface area contributed by atoms with Crippen LogP contribution in [0.15, 0.2) is 24.3 Å². The van der Waals surface area contributed by atoms with Gasteiger partial charge in [0, 0.05) is 25.2 Å². The Morgan fingerprint density at radius 2 is 2.10 bits per heavy atom. The Kier molecular flexibility index (Phi) is 4.89. The number of carbonyl (C=O) groups is 1. The molecule has 1 aliphatic heterocycles. The number of piperidine rings is 1. The van der Waals surface area contributed by atoms with Crippen LogP contribution in [0.2, 0.25) is 0 Å². The quantitative estimate of drug-likeness (QED) is 0.920. The first-order chi connectivity index (χ1) is 9.58. The number of likely N-dealkylation sites (N-methyl/N-ethyl adjacent to an activating group) is 1. The summed E-state index contributed by atoms with van der Waals surface area (Å²) in [5.74, 6) is -0.0548. The van der Waals surface area contributed by atoms with Gasteiger partial charge in [-0.05, 0) is 43.7 Å². The Morgan fingerprint density at radius 3 is 2.65 bits per heavy atom. The smallest absolute Gasteiger partial charge is 0.387 e. The average molecular weight is 284 g/mol. The number of nitrogens with one attached hydrogen (secondary N) is 1. The lowest BCUT2D eigenvalue weighted by molar-refractivity contribution is -0.0498. The highest BCUT2D eigenvalue weighted by Crippen LogP contribution is 2.17. The van der Waals surface area contributed by atoms with E-state index in [0.29, 0.717) is 5.56 Å². The van der Waals surface area contributed by atoms with E-state index in [0.717, 1.165) is 25.9 Å². The Hall–Kier alpha value is -1.69. The number of benzene rings is 1. The van der Waals surface area contributed by atoms with Gasteiger partial charge in [-0.3, -0.25) is 4.79 Å². The molecule has 1 heterocycles. The van der Waals surface area contributed by atoms with Gasteiger partial charge in [-0.25, -0.2) is 0 Å². The molecule has 0 saturated carbocycles. The first-order valence-electron chi connectivity index (χ1n) is 6.60. The summed E-state index contributed by atoms with van der Waals surface area (Å²) in [6.45, 7) is -1.08. The van der Waals surface area contributed by atoms with Crippen molar-refractivity contribution in [1.82, 2.24) is 10.2 Å². The minimum atomic E-state index is -2.85. The zero-order chi connectivity index (χ0) is 14.5. The van der Waals surface area contributed by atoms with Crippen LogP contribution in [0.5, 0.6) is 5.75 Å². The summed E-state index contributed by atoms with van der Waals surface area (Å²) in [6, 6.07) is 5.95. The first-order valence-corrected chi connectivity index (χ1v) is 6.60. The minimum Gasteiger partial charge on any atom is -0.435 e. The number of amides is 1. The molecule has 20 heavy (non-hydrogen) atoms. The molecular weight excluding hydrogens is 266 g/mol. The molecule has 1 aromatic rings. The van der Waals surface area contributed by atoms with Crippen LogP contribution < -0.4 is 10.1 Å². The number of nitrogens with zero attached hydrogens (tertiary/aromatic N) is 1. The van der Waals surface area contributed by atoms with Gasteiger partial charge in [0.05, 0.1) is 0 Å². The van der Waals surface area contributed by atoms with E-state index in [1.165, 1.54) is 24.3 Å². The molecule has 110 valence electrons. The highest BCUT2D eigenvalue weighted by atomic mass is 19.3. The number of halogens is 2. The fraction of sp³-hybridized carbons (Fsp3) is 0.500. The fourth-order valence-electron chi connectivity index (χ4n) is 2.31. The largest absolute Gasteiger partial charge is 0.435 e. The van der Waals surface area contributed by atoms with E-state index >= 15 is 0 Å². The van der Waals surface area contributed by atoms with Crippen molar-refractivity contribution in [2.24, 2.45) is 0 Å². The number of hydrogen-bond donors (Lipinski definition) is 1. The summed E-state index contributed by atoms with van der Waals surface area (Å²) >= 11 is 0. The van der Waals surface area contributed by atoms with E-state index in [1.807, 2.05) is 0 Å². The van der Waals surface area contributed by atoms with Gasteiger partial charge in [-0.1, -0.05) is 0 Å². The van der Waals surface area contributed by atoms with Crippen molar-refractivity contribution in [2.45, 2.75) is 25.5 Å². The van der Waals surface area contributed by atoms with E-state index in [-0.39, 0.29) is 17.7 Å². The predicted octanol–water partition coefficient (Wildman–Crippen LogP) is 2.11. The van der Waals surface area contributed by atoms with E-state index in [4.69, 9.17) is 0 Å². The molecule has 0 bridgehead atoms. The van der Waals surface area contributed by atoms with Gasteiger partial charge in [0.15, 0.2) is 0 Å². The van der Waals surface area contributed by atoms with Crippen LogP contribution in [0.4, 0.5) is 8.78 Å². The zero-order valence-corrected chi connectivity index (χ0v) is 11.3. The zero-order valence-electron chi connectivity index (χ0n) is 11.3. The van der Waals surface area contributed by atoms with Gasteiger partial charge in [0.25, 0.3) is 5.91 Å². The molecule has 0 unspecified atom stereocenters. The Balaban J connectivity index is 2.00. The van der Waals surface area contributed by atoms with Crippen molar-refractivity contribution >= 4 is 5.91 Å². The second-order valence-electron chi connectivity index (χ2n) is 4.82. The maximum atomic E-state index is 12.3. The number of hydrogen-bond acceptors (Lipinski definition) is 3.